The zero-order valence-electron chi connectivity index (χ0n) is 14.2. The highest BCUT2D eigenvalue weighted by molar-refractivity contribution is 5.81. The number of nitrogens with two attached hydrogens (primary N) is 1. The Kier molecular flexibility index (Phi) is 5.00. The first-order valence-corrected chi connectivity index (χ1v) is 8.21. The van der Waals surface area contributed by atoms with Gasteiger partial charge in [0.25, 0.3) is 0 Å². The molecule has 0 aromatic carbocycles. The summed E-state index contributed by atoms with van der Waals surface area (Å²) in [6.07, 6.45) is 2.79. The molecule has 0 bridgehead atoms. The van der Waals surface area contributed by atoms with Crippen LogP contribution in [0.4, 0.5) is 4.79 Å². The van der Waals surface area contributed by atoms with E-state index in [4.69, 9.17) is 10.5 Å². The van der Waals surface area contributed by atoms with Crippen LogP contribution in [0, 0.1) is 5.92 Å². The number of ether oxygens (including phenoxy) is 1. The fourth-order valence-corrected chi connectivity index (χ4v) is 2.82. The molecule has 1 aliphatic carbocycles. The molecule has 6 heteroatoms. The van der Waals surface area contributed by atoms with E-state index in [2.05, 4.69) is 0 Å². The van der Waals surface area contributed by atoms with Gasteiger partial charge in [0.05, 0.1) is 6.04 Å². The first kappa shape index (κ1) is 17.1. The number of hydrogen-bond acceptors (Lipinski definition) is 4. The van der Waals surface area contributed by atoms with Crippen molar-refractivity contribution < 1.29 is 14.3 Å². The molecule has 0 radical (unpaired) electrons. The third-order valence-corrected chi connectivity index (χ3v) is 4.05. The highest BCUT2D eigenvalue weighted by Gasteiger charge is 2.37. The van der Waals surface area contributed by atoms with E-state index in [0.29, 0.717) is 31.6 Å². The molecule has 0 aromatic rings. The lowest BCUT2D eigenvalue weighted by Gasteiger charge is -2.28. The van der Waals surface area contributed by atoms with Crippen molar-refractivity contribution in [2.75, 3.05) is 19.6 Å². The van der Waals surface area contributed by atoms with Crippen LogP contribution in [0.5, 0.6) is 0 Å². The molecule has 0 spiro atoms. The van der Waals surface area contributed by atoms with E-state index in [1.165, 1.54) is 0 Å². The largest absolute Gasteiger partial charge is 0.444 e. The van der Waals surface area contributed by atoms with Crippen LogP contribution in [0.25, 0.3) is 0 Å². The van der Waals surface area contributed by atoms with Gasteiger partial charge in [0.15, 0.2) is 0 Å². The number of amides is 2. The van der Waals surface area contributed by atoms with Gasteiger partial charge in [-0.05, 0) is 52.9 Å². The fourth-order valence-electron chi connectivity index (χ4n) is 2.82. The third kappa shape index (κ3) is 4.60. The number of nitrogens with zero attached hydrogens (tertiary/aromatic N) is 2. The molecule has 1 saturated heterocycles. The van der Waals surface area contributed by atoms with E-state index >= 15 is 0 Å². The normalized spacial score (nSPS) is 23.3. The summed E-state index contributed by atoms with van der Waals surface area (Å²) >= 11 is 0. The SMILES string of the molecule is C[C@H](N)C(=O)N(C[C@@H]1CCN(C(=O)OC(C)(C)C)C1)C1CC1. The van der Waals surface area contributed by atoms with Gasteiger partial charge in [-0.3, -0.25) is 4.79 Å². The minimum Gasteiger partial charge on any atom is -0.444 e. The van der Waals surface area contributed by atoms with Crippen molar-refractivity contribution in [1.82, 2.24) is 9.80 Å². The predicted octanol–water partition coefficient (Wildman–Crippen LogP) is 1.58. The van der Waals surface area contributed by atoms with Crippen molar-refractivity contribution in [2.24, 2.45) is 11.7 Å². The number of likely N-dealkylation sites (tertiary alicyclic amines) is 1. The van der Waals surface area contributed by atoms with E-state index in [0.717, 1.165) is 19.3 Å². The van der Waals surface area contributed by atoms with Gasteiger partial charge < -0.3 is 20.3 Å². The molecule has 22 heavy (non-hydrogen) atoms. The summed E-state index contributed by atoms with van der Waals surface area (Å²) in [7, 11) is 0. The van der Waals surface area contributed by atoms with Gasteiger partial charge in [-0.2, -0.15) is 0 Å². The maximum atomic E-state index is 12.2. The topological polar surface area (TPSA) is 75.9 Å². The van der Waals surface area contributed by atoms with Crippen LogP contribution in [0.15, 0.2) is 0 Å². The van der Waals surface area contributed by atoms with Crippen LogP contribution >= 0.6 is 0 Å². The average Bonchev–Trinajstić information content (AvgIpc) is 3.11. The van der Waals surface area contributed by atoms with Crippen LogP contribution in [0.3, 0.4) is 0 Å². The van der Waals surface area contributed by atoms with Crippen LogP contribution in [0.1, 0.15) is 47.0 Å². The second-order valence-electron chi connectivity index (χ2n) is 7.59. The van der Waals surface area contributed by atoms with Gasteiger partial charge in [-0.1, -0.05) is 0 Å². The molecule has 0 aromatic heterocycles. The molecule has 0 unspecified atom stereocenters. The third-order valence-electron chi connectivity index (χ3n) is 4.05. The monoisotopic (exact) mass is 311 g/mol. The number of hydrogen-bond donors (Lipinski definition) is 1. The Morgan fingerprint density at radius 2 is 1.95 bits per heavy atom. The Balaban J connectivity index is 1.87. The first-order valence-electron chi connectivity index (χ1n) is 8.21. The Bertz CT molecular complexity index is 427. The standard InChI is InChI=1S/C16H29N3O3/c1-11(17)14(20)19(13-5-6-13)10-12-7-8-18(9-12)15(21)22-16(2,3)4/h11-13H,5-10,17H2,1-4H3/t11-,12+/m0/s1. The van der Waals surface area contributed by atoms with Crippen molar-refractivity contribution in [3.8, 4) is 0 Å². The zero-order chi connectivity index (χ0) is 16.5. The summed E-state index contributed by atoms with van der Waals surface area (Å²) < 4.78 is 5.41. The van der Waals surface area contributed by atoms with E-state index in [1.54, 1.807) is 11.8 Å². The Labute approximate surface area is 132 Å². The Morgan fingerprint density at radius 3 is 2.45 bits per heavy atom. The molecule has 2 N–H and O–H groups in total. The molecule has 2 amide bonds. The van der Waals surface area contributed by atoms with Crippen molar-refractivity contribution in [1.29, 1.82) is 0 Å². The lowest BCUT2D eigenvalue weighted by Crippen LogP contribution is -2.46. The summed E-state index contributed by atoms with van der Waals surface area (Å²) in [4.78, 5) is 28.0. The lowest BCUT2D eigenvalue weighted by molar-refractivity contribution is -0.133. The quantitative estimate of drug-likeness (QED) is 0.855. The molecule has 2 atom stereocenters. The van der Waals surface area contributed by atoms with Crippen molar-refractivity contribution in [2.45, 2.75) is 64.6 Å². The molecule has 6 nitrogen and oxygen atoms in total. The smallest absolute Gasteiger partial charge is 0.410 e. The highest BCUT2D eigenvalue weighted by Crippen LogP contribution is 2.30. The highest BCUT2D eigenvalue weighted by atomic mass is 16.6. The second-order valence-corrected chi connectivity index (χ2v) is 7.59. The van der Waals surface area contributed by atoms with E-state index in [1.807, 2.05) is 25.7 Å². The summed E-state index contributed by atoms with van der Waals surface area (Å²) in [6, 6.07) is -0.0990. The maximum Gasteiger partial charge on any atom is 0.410 e. The minimum absolute atomic E-state index is 0.0261. The van der Waals surface area contributed by atoms with Crippen molar-refractivity contribution in [3.63, 3.8) is 0 Å². The van der Waals surface area contributed by atoms with Crippen LogP contribution in [0.2, 0.25) is 0 Å². The molecule has 126 valence electrons. The van der Waals surface area contributed by atoms with E-state index < -0.39 is 11.6 Å². The molecule has 1 saturated carbocycles. The molecule has 1 heterocycles. The summed E-state index contributed by atoms with van der Waals surface area (Å²) in [5.41, 5.74) is 5.27. The number of carbonyl (C=O) groups excluding carboxylic acids is 2. The summed E-state index contributed by atoms with van der Waals surface area (Å²) in [6.45, 7) is 9.40. The van der Waals surface area contributed by atoms with Gasteiger partial charge in [0, 0.05) is 25.7 Å². The van der Waals surface area contributed by atoms with Crippen molar-refractivity contribution in [3.05, 3.63) is 0 Å². The Morgan fingerprint density at radius 1 is 1.32 bits per heavy atom. The van der Waals surface area contributed by atoms with Crippen LogP contribution < -0.4 is 5.73 Å². The minimum atomic E-state index is -0.472. The molecule has 2 fully saturated rings. The van der Waals surface area contributed by atoms with Gasteiger partial charge in [0.1, 0.15) is 5.60 Å². The predicted molar refractivity (Wildman–Crippen MR) is 84.3 cm³/mol. The molecule has 2 rings (SSSR count). The second kappa shape index (κ2) is 6.44. The van der Waals surface area contributed by atoms with Crippen LogP contribution in [-0.2, 0) is 9.53 Å². The van der Waals surface area contributed by atoms with Crippen molar-refractivity contribution >= 4 is 12.0 Å². The van der Waals surface area contributed by atoms with Gasteiger partial charge in [-0.25, -0.2) is 4.79 Å². The number of rotatable bonds is 4. The van der Waals surface area contributed by atoms with E-state index in [-0.39, 0.29) is 12.0 Å². The van der Waals surface area contributed by atoms with Gasteiger partial charge in [0.2, 0.25) is 5.91 Å². The fraction of sp³-hybridized carbons (Fsp3) is 0.875. The average molecular weight is 311 g/mol. The maximum absolute atomic E-state index is 12.2. The summed E-state index contributed by atoms with van der Waals surface area (Å²) in [5, 5.41) is 0. The van der Waals surface area contributed by atoms with E-state index in [9.17, 15) is 9.59 Å². The Hall–Kier alpha value is -1.30. The molecule has 1 aliphatic heterocycles. The number of carbonyl (C=O) groups is 2. The van der Waals surface area contributed by atoms with Crippen LogP contribution in [-0.4, -0.2) is 59.1 Å². The zero-order valence-corrected chi connectivity index (χ0v) is 14.2. The van der Waals surface area contributed by atoms with Gasteiger partial charge in [-0.15, -0.1) is 0 Å². The molecule has 2 aliphatic rings. The first-order chi connectivity index (χ1) is 10.2. The lowest BCUT2D eigenvalue weighted by atomic mass is 10.1. The molecular formula is C16H29N3O3. The molecular weight excluding hydrogens is 282 g/mol. The summed E-state index contributed by atoms with van der Waals surface area (Å²) in [5.74, 6) is 0.342. The van der Waals surface area contributed by atoms with Gasteiger partial charge >= 0.3 is 6.09 Å².